The van der Waals surface area contributed by atoms with Crippen LogP contribution in [-0.2, 0) is 0 Å². The molecule has 0 bridgehead atoms. The molecular formula is C15H11F3O3. The third kappa shape index (κ3) is 3.53. The highest BCUT2D eigenvalue weighted by Crippen LogP contribution is 2.21. The van der Waals surface area contributed by atoms with Crippen LogP contribution in [0.4, 0.5) is 13.2 Å². The normalized spacial score (nSPS) is 10.5. The summed E-state index contributed by atoms with van der Waals surface area (Å²) >= 11 is 0. The van der Waals surface area contributed by atoms with Crippen molar-refractivity contribution in [3.05, 3.63) is 59.4 Å². The van der Waals surface area contributed by atoms with Crippen molar-refractivity contribution in [3.63, 3.8) is 0 Å². The van der Waals surface area contributed by atoms with Crippen LogP contribution in [0, 0.1) is 5.82 Å². The molecule has 0 N–H and O–H groups in total. The van der Waals surface area contributed by atoms with Crippen molar-refractivity contribution in [1.82, 2.24) is 0 Å². The van der Waals surface area contributed by atoms with Gasteiger partial charge in [0.25, 0.3) is 0 Å². The maximum absolute atomic E-state index is 13.8. The lowest BCUT2D eigenvalue weighted by Crippen LogP contribution is -2.05. The molecule has 2 aromatic rings. The summed E-state index contributed by atoms with van der Waals surface area (Å²) in [4.78, 5) is 12.1. The van der Waals surface area contributed by atoms with E-state index in [9.17, 15) is 18.0 Å². The van der Waals surface area contributed by atoms with Gasteiger partial charge in [0.1, 0.15) is 17.3 Å². The quantitative estimate of drug-likeness (QED) is 0.790. The minimum atomic E-state index is -2.94. The van der Waals surface area contributed by atoms with Crippen molar-refractivity contribution >= 4 is 5.78 Å². The molecule has 110 valence electrons. The van der Waals surface area contributed by atoms with Gasteiger partial charge in [-0.25, -0.2) is 4.39 Å². The molecule has 0 fully saturated rings. The van der Waals surface area contributed by atoms with Gasteiger partial charge in [0, 0.05) is 11.6 Å². The second-order valence-electron chi connectivity index (χ2n) is 4.08. The number of carbonyl (C=O) groups is 1. The molecule has 2 aromatic carbocycles. The second kappa shape index (κ2) is 6.30. The van der Waals surface area contributed by atoms with E-state index in [4.69, 9.17) is 4.74 Å². The molecule has 3 nitrogen and oxygen atoms in total. The fourth-order valence-electron chi connectivity index (χ4n) is 1.75. The standard InChI is InChI=1S/C15H11F3O3/c1-20-11-6-7-12(13(16)8-11)14(19)9-2-4-10(5-3-9)21-15(17)18/h2-8,15H,1H3. The summed E-state index contributed by atoms with van der Waals surface area (Å²) in [6.07, 6.45) is 0. The zero-order valence-corrected chi connectivity index (χ0v) is 11.0. The van der Waals surface area contributed by atoms with Crippen LogP contribution in [0.1, 0.15) is 15.9 Å². The third-order valence-electron chi connectivity index (χ3n) is 2.76. The van der Waals surface area contributed by atoms with E-state index in [0.29, 0.717) is 5.75 Å². The fraction of sp³-hybridized carbons (Fsp3) is 0.133. The molecule has 0 atom stereocenters. The van der Waals surface area contributed by atoms with Gasteiger partial charge >= 0.3 is 6.61 Å². The van der Waals surface area contributed by atoms with Crippen LogP contribution in [0.25, 0.3) is 0 Å². The first-order valence-corrected chi connectivity index (χ1v) is 5.94. The molecule has 0 radical (unpaired) electrons. The van der Waals surface area contributed by atoms with Crippen LogP contribution in [0.3, 0.4) is 0 Å². The van der Waals surface area contributed by atoms with E-state index in [-0.39, 0.29) is 16.9 Å². The van der Waals surface area contributed by atoms with Gasteiger partial charge in [-0.1, -0.05) is 0 Å². The summed E-state index contributed by atoms with van der Waals surface area (Å²) in [5.74, 6) is -1.05. The average Bonchev–Trinajstić information content (AvgIpc) is 2.46. The SMILES string of the molecule is COc1ccc(C(=O)c2ccc(OC(F)F)cc2)c(F)c1. The van der Waals surface area contributed by atoms with Gasteiger partial charge < -0.3 is 9.47 Å². The Morgan fingerprint density at radius 1 is 1.05 bits per heavy atom. The molecule has 0 heterocycles. The smallest absolute Gasteiger partial charge is 0.387 e. The van der Waals surface area contributed by atoms with Crippen LogP contribution < -0.4 is 9.47 Å². The highest BCUT2D eigenvalue weighted by molar-refractivity contribution is 6.09. The van der Waals surface area contributed by atoms with Gasteiger partial charge in [-0.05, 0) is 36.4 Å². The maximum atomic E-state index is 13.8. The van der Waals surface area contributed by atoms with Gasteiger partial charge in [-0.2, -0.15) is 8.78 Å². The van der Waals surface area contributed by atoms with E-state index >= 15 is 0 Å². The van der Waals surface area contributed by atoms with Crippen molar-refractivity contribution in [2.24, 2.45) is 0 Å². The first-order valence-electron chi connectivity index (χ1n) is 5.94. The van der Waals surface area contributed by atoms with E-state index in [1.54, 1.807) is 0 Å². The molecule has 0 amide bonds. The monoisotopic (exact) mass is 296 g/mol. The van der Waals surface area contributed by atoms with Crippen LogP contribution in [0.2, 0.25) is 0 Å². The molecule has 0 unspecified atom stereocenters. The number of carbonyl (C=O) groups excluding carboxylic acids is 1. The molecule has 0 aliphatic heterocycles. The second-order valence-corrected chi connectivity index (χ2v) is 4.08. The van der Waals surface area contributed by atoms with E-state index in [2.05, 4.69) is 4.74 Å². The number of methoxy groups -OCH3 is 1. The molecule has 0 saturated carbocycles. The zero-order valence-electron chi connectivity index (χ0n) is 11.0. The Morgan fingerprint density at radius 3 is 2.19 bits per heavy atom. The number of ketones is 1. The molecule has 21 heavy (non-hydrogen) atoms. The Hall–Kier alpha value is -2.50. The Labute approximate surface area is 118 Å². The van der Waals surface area contributed by atoms with Crippen molar-refractivity contribution < 1.29 is 27.4 Å². The summed E-state index contributed by atoms with van der Waals surface area (Å²) in [5.41, 5.74) is 0.0408. The lowest BCUT2D eigenvalue weighted by atomic mass is 10.0. The van der Waals surface area contributed by atoms with Crippen LogP contribution in [-0.4, -0.2) is 19.5 Å². The van der Waals surface area contributed by atoms with E-state index in [1.165, 1.54) is 43.5 Å². The van der Waals surface area contributed by atoms with Gasteiger partial charge in [-0.15, -0.1) is 0 Å². The van der Waals surface area contributed by atoms with E-state index < -0.39 is 18.2 Å². The topological polar surface area (TPSA) is 35.5 Å². The third-order valence-corrected chi connectivity index (χ3v) is 2.76. The lowest BCUT2D eigenvalue weighted by molar-refractivity contribution is -0.0498. The Morgan fingerprint density at radius 2 is 1.67 bits per heavy atom. The Kier molecular flexibility index (Phi) is 4.47. The number of hydrogen-bond donors (Lipinski definition) is 0. The van der Waals surface area contributed by atoms with Gasteiger partial charge in [-0.3, -0.25) is 4.79 Å². The largest absolute Gasteiger partial charge is 0.497 e. The van der Waals surface area contributed by atoms with Crippen molar-refractivity contribution in [1.29, 1.82) is 0 Å². The molecule has 0 aromatic heterocycles. The number of halogens is 3. The summed E-state index contributed by atoms with van der Waals surface area (Å²) in [5, 5.41) is 0. The minimum Gasteiger partial charge on any atom is -0.497 e. The highest BCUT2D eigenvalue weighted by atomic mass is 19.3. The molecular weight excluding hydrogens is 285 g/mol. The molecule has 0 saturated heterocycles. The number of alkyl halides is 2. The summed E-state index contributed by atoms with van der Waals surface area (Å²) in [6.45, 7) is -2.94. The number of rotatable bonds is 5. The molecule has 0 spiro atoms. The Balaban J connectivity index is 2.23. The molecule has 2 rings (SSSR count). The lowest BCUT2D eigenvalue weighted by Gasteiger charge is -2.07. The van der Waals surface area contributed by atoms with Crippen LogP contribution in [0.5, 0.6) is 11.5 Å². The van der Waals surface area contributed by atoms with E-state index in [0.717, 1.165) is 6.07 Å². The first-order chi connectivity index (χ1) is 10.0. The fourth-order valence-corrected chi connectivity index (χ4v) is 1.75. The predicted molar refractivity (Wildman–Crippen MR) is 69.5 cm³/mol. The molecule has 0 aliphatic rings. The van der Waals surface area contributed by atoms with E-state index in [1.807, 2.05) is 0 Å². The van der Waals surface area contributed by atoms with Crippen molar-refractivity contribution in [2.75, 3.05) is 7.11 Å². The minimum absolute atomic E-state index is 0.0725. The Bertz CT molecular complexity index is 639. The van der Waals surface area contributed by atoms with Crippen molar-refractivity contribution in [2.45, 2.75) is 6.61 Å². The predicted octanol–water partition coefficient (Wildman–Crippen LogP) is 3.67. The average molecular weight is 296 g/mol. The summed E-state index contributed by atoms with van der Waals surface area (Å²) in [6, 6.07) is 8.90. The summed E-state index contributed by atoms with van der Waals surface area (Å²) < 4.78 is 46.9. The number of ether oxygens (including phenoxy) is 2. The molecule has 0 aliphatic carbocycles. The van der Waals surface area contributed by atoms with Gasteiger partial charge in [0.2, 0.25) is 0 Å². The van der Waals surface area contributed by atoms with Gasteiger partial charge in [0.15, 0.2) is 5.78 Å². The number of benzene rings is 2. The summed E-state index contributed by atoms with van der Waals surface area (Å²) in [7, 11) is 1.39. The highest BCUT2D eigenvalue weighted by Gasteiger charge is 2.15. The van der Waals surface area contributed by atoms with Crippen LogP contribution in [0.15, 0.2) is 42.5 Å². The van der Waals surface area contributed by atoms with Gasteiger partial charge in [0.05, 0.1) is 12.7 Å². The molecule has 6 heteroatoms. The first kappa shape index (κ1) is 14.9. The maximum Gasteiger partial charge on any atom is 0.387 e. The number of hydrogen-bond acceptors (Lipinski definition) is 3. The van der Waals surface area contributed by atoms with Crippen LogP contribution >= 0.6 is 0 Å². The zero-order chi connectivity index (χ0) is 15.4. The van der Waals surface area contributed by atoms with Crippen molar-refractivity contribution in [3.8, 4) is 11.5 Å².